The van der Waals surface area contributed by atoms with Crippen molar-refractivity contribution >= 4 is 10.9 Å². The van der Waals surface area contributed by atoms with E-state index in [0.29, 0.717) is 5.92 Å². The highest BCUT2D eigenvalue weighted by molar-refractivity contribution is 5.83. The molecule has 0 spiro atoms. The van der Waals surface area contributed by atoms with Crippen molar-refractivity contribution in [2.24, 2.45) is 0 Å². The molecule has 0 aliphatic carbocycles. The van der Waals surface area contributed by atoms with Crippen LogP contribution < -0.4 is 0 Å². The van der Waals surface area contributed by atoms with Crippen LogP contribution in [0.1, 0.15) is 30.9 Å². The Labute approximate surface area is 84.8 Å². The van der Waals surface area contributed by atoms with Crippen molar-refractivity contribution in [3.05, 3.63) is 41.6 Å². The molecule has 0 saturated carbocycles. The molecule has 0 saturated heterocycles. The Morgan fingerprint density at radius 2 is 1.93 bits per heavy atom. The van der Waals surface area contributed by atoms with Gasteiger partial charge in [-0.2, -0.15) is 0 Å². The summed E-state index contributed by atoms with van der Waals surface area (Å²) in [6.07, 6.45) is 1.87. The summed E-state index contributed by atoms with van der Waals surface area (Å²) in [6, 6.07) is 8.43. The van der Waals surface area contributed by atoms with Gasteiger partial charge in [0, 0.05) is 11.6 Å². The summed E-state index contributed by atoms with van der Waals surface area (Å²) in [7, 11) is 0. The summed E-state index contributed by atoms with van der Waals surface area (Å²) in [6.45, 7) is 6.59. The lowest BCUT2D eigenvalue weighted by Gasteiger charge is -2.12. The zero-order chi connectivity index (χ0) is 10.1. The Kier molecular flexibility index (Phi) is 2.24. The molecule has 0 fully saturated rings. The summed E-state index contributed by atoms with van der Waals surface area (Å²) >= 11 is 0. The summed E-state index contributed by atoms with van der Waals surface area (Å²) in [4.78, 5) is 4.46. The maximum Gasteiger partial charge on any atom is 0.0739 e. The molecule has 0 N–H and O–H groups in total. The second-order valence-corrected chi connectivity index (χ2v) is 4.03. The van der Waals surface area contributed by atoms with Gasteiger partial charge in [-0.05, 0) is 30.0 Å². The first-order valence-electron chi connectivity index (χ1n) is 5.04. The van der Waals surface area contributed by atoms with Crippen LogP contribution in [0.5, 0.6) is 0 Å². The zero-order valence-corrected chi connectivity index (χ0v) is 8.91. The quantitative estimate of drug-likeness (QED) is 0.660. The van der Waals surface area contributed by atoms with E-state index in [1.165, 1.54) is 16.5 Å². The minimum Gasteiger partial charge on any atom is -0.256 e. The first-order valence-corrected chi connectivity index (χ1v) is 5.04. The summed E-state index contributed by atoms with van der Waals surface area (Å²) in [5.41, 5.74) is 3.87. The molecule has 1 heterocycles. The second kappa shape index (κ2) is 3.41. The standard InChI is InChI=1S/C13H15N/c1-9(2)12-10(3)6-7-11-5-4-8-14-13(11)12/h4-9H,1-3H3. The van der Waals surface area contributed by atoms with Crippen molar-refractivity contribution in [2.45, 2.75) is 26.7 Å². The largest absolute Gasteiger partial charge is 0.256 e. The summed E-state index contributed by atoms with van der Waals surface area (Å²) < 4.78 is 0. The molecule has 72 valence electrons. The van der Waals surface area contributed by atoms with E-state index in [1.807, 2.05) is 12.3 Å². The monoisotopic (exact) mass is 185 g/mol. The molecular formula is C13H15N. The van der Waals surface area contributed by atoms with Crippen LogP contribution in [0.4, 0.5) is 0 Å². The van der Waals surface area contributed by atoms with E-state index >= 15 is 0 Å². The van der Waals surface area contributed by atoms with Gasteiger partial charge in [-0.15, -0.1) is 0 Å². The predicted octanol–water partition coefficient (Wildman–Crippen LogP) is 3.67. The highest BCUT2D eigenvalue weighted by atomic mass is 14.7. The maximum atomic E-state index is 4.46. The van der Waals surface area contributed by atoms with Gasteiger partial charge >= 0.3 is 0 Å². The molecule has 0 bridgehead atoms. The molecule has 14 heavy (non-hydrogen) atoms. The van der Waals surface area contributed by atoms with Crippen molar-refractivity contribution in [2.75, 3.05) is 0 Å². The minimum atomic E-state index is 0.536. The van der Waals surface area contributed by atoms with Gasteiger partial charge in [0.15, 0.2) is 0 Å². The first-order chi connectivity index (χ1) is 6.70. The van der Waals surface area contributed by atoms with E-state index in [4.69, 9.17) is 0 Å². The van der Waals surface area contributed by atoms with Gasteiger partial charge in [-0.1, -0.05) is 32.0 Å². The van der Waals surface area contributed by atoms with Crippen LogP contribution in [-0.4, -0.2) is 4.98 Å². The Balaban J connectivity index is 2.83. The number of aryl methyl sites for hydroxylation is 1. The van der Waals surface area contributed by atoms with Crippen LogP contribution >= 0.6 is 0 Å². The van der Waals surface area contributed by atoms with Gasteiger partial charge in [0.1, 0.15) is 0 Å². The van der Waals surface area contributed by atoms with Crippen molar-refractivity contribution in [1.82, 2.24) is 4.98 Å². The van der Waals surface area contributed by atoms with Crippen LogP contribution in [0.2, 0.25) is 0 Å². The Bertz CT molecular complexity index is 458. The number of aromatic nitrogens is 1. The number of rotatable bonds is 1. The minimum absolute atomic E-state index is 0.536. The van der Waals surface area contributed by atoms with E-state index < -0.39 is 0 Å². The number of fused-ring (bicyclic) bond motifs is 1. The van der Waals surface area contributed by atoms with Gasteiger partial charge in [-0.25, -0.2) is 0 Å². The van der Waals surface area contributed by atoms with E-state index in [0.717, 1.165) is 5.52 Å². The fourth-order valence-electron chi connectivity index (χ4n) is 2.00. The van der Waals surface area contributed by atoms with Gasteiger partial charge in [0.25, 0.3) is 0 Å². The molecule has 2 rings (SSSR count). The lowest BCUT2D eigenvalue weighted by atomic mass is 9.95. The SMILES string of the molecule is Cc1ccc2cccnc2c1C(C)C. The molecule has 1 aromatic heterocycles. The van der Waals surface area contributed by atoms with E-state index in [1.54, 1.807) is 0 Å². The van der Waals surface area contributed by atoms with Crippen LogP contribution in [0.15, 0.2) is 30.5 Å². The topological polar surface area (TPSA) is 12.9 Å². The molecule has 1 aromatic carbocycles. The molecule has 0 amide bonds. The molecule has 0 aliphatic heterocycles. The van der Waals surface area contributed by atoms with Crippen molar-refractivity contribution in [3.63, 3.8) is 0 Å². The average Bonchev–Trinajstić information content (AvgIpc) is 2.17. The van der Waals surface area contributed by atoms with Gasteiger partial charge < -0.3 is 0 Å². The Hall–Kier alpha value is -1.37. The number of nitrogens with zero attached hydrogens (tertiary/aromatic N) is 1. The molecule has 0 atom stereocenters. The van der Waals surface area contributed by atoms with Crippen LogP contribution in [0.3, 0.4) is 0 Å². The van der Waals surface area contributed by atoms with Gasteiger partial charge in [-0.3, -0.25) is 4.98 Å². The normalized spacial score (nSPS) is 11.1. The lowest BCUT2D eigenvalue weighted by molar-refractivity contribution is 0.863. The summed E-state index contributed by atoms with van der Waals surface area (Å²) in [5, 5.41) is 1.24. The molecule has 0 aliphatic rings. The molecular weight excluding hydrogens is 170 g/mol. The highest BCUT2D eigenvalue weighted by Crippen LogP contribution is 2.26. The summed E-state index contributed by atoms with van der Waals surface area (Å²) in [5.74, 6) is 0.536. The molecule has 1 nitrogen and oxygen atoms in total. The van der Waals surface area contributed by atoms with Crippen molar-refractivity contribution < 1.29 is 0 Å². The van der Waals surface area contributed by atoms with Crippen LogP contribution in [0.25, 0.3) is 10.9 Å². The second-order valence-electron chi connectivity index (χ2n) is 4.03. The molecule has 0 unspecified atom stereocenters. The number of hydrogen-bond acceptors (Lipinski definition) is 1. The van der Waals surface area contributed by atoms with Crippen molar-refractivity contribution in [3.8, 4) is 0 Å². The van der Waals surface area contributed by atoms with E-state index in [2.05, 4.69) is 44.0 Å². The number of pyridine rings is 1. The molecule has 1 heteroatoms. The zero-order valence-electron chi connectivity index (χ0n) is 8.91. The van der Waals surface area contributed by atoms with E-state index in [-0.39, 0.29) is 0 Å². The third-order valence-corrected chi connectivity index (χ3v) is 2.61. The van der Waals surface area contributed by atoms with E-state index in [9.17, 15) is 0 Å². The van der Waals surface area contributed by atoms with Gasteiger partial charge in [0.05, 0.1) is 5.52 Å². The van der Waals surface area contributed by atoms with Crippen LogP contribution in [0, 0.1) is 6.92 Å². The first kappa shape index (κ1) is 9.20. The maximum absolute atomic E-state index is 4.46. The van der Waals surface area contributed by atoms with Crippen LogP contribution in [-0.2, 0) is 0 Å². The number of hydrogen-bond donors (Lipinski definition) is 0. The lowest BCUT2D eigenvalue weighted by Crippen LogP contribution is -1.95. The third kappa shape index (κ3) is 1.39. The van der Waals surface area contributed by atoms with Gasteiger partial charge in [0.2, 0.25) is 0 Å². The predicted molar refractivity (Wildman–Crippen MR) is 60.6 cm³/mol. The fourth-order valence-corrected chi connectivity index (χ4v) is 2.00. The highest BCUT2D eigenvalue weighted by Gasteiger charge is 2.08. The molecule has 0 radical (unpaired) electrons. The Morgan fingerprint density at radius 3 is 2.64 bits per heavy atom. The average molecular weight is 185 g/mol. The molecule has 2 aromatic rings. The smallest absolute Gasteiger partial charge is 0.0739 e. The van der Waals surface area contributed by atoms with Crippen molar-refractivity contribution in [1.29, 1.82) is 0 Å². The third-order valence-electron chi connectivity index (χ3n) is 2.61. The Morgan fingerprint density at radius 1 is 1.14 bits per heavy atom. The fraction of sp³-hybridized carbons (Fsp3) is 0.308. The number of benzene rings is 1.